The predicted molar refractivity (Wildman–Crippen MR) is 68.9 cm³/mol. The fourth-order valence-corrected chi connectivity index (χ4v) is 2.49. The lowest BCUT2D eigenvalue weighted by Crippen LogP contribution is -2.41. The van der Waals surface area contributed by atoms with E-state index in [-0.39, 0.29) is 22.0 Å². The summed E-state index contributed by atoms with van der Waals surface area (Å²) in [6.07, 6.45) is -1.56. The normalized spacial score (nSPS) is 16.1. The lowest BCUT2D eigenvalue weighted by atomic mass is 9.91. The second kappa shape index (κ2) is 5.15. The molecule has 0 aliphatic heterocycles. The summed E-state index contributed by atoms with van der Waals surface area (Å²) in [7, 11) is 1.64. The molecule has 0 N–H and O–H groups in total. The van der Waals surface area contributed by atoms with Crippen LogP contribution in [0.3, 0.4) is 0 Å². The molecule has 1 aliphatic carbocycles. The van der Waals surface area contributed by atoms with Crippen LogP contribution < -0.4 is 0 Å². The van der Waals surface area contributed by atoms with Gasteiger partial charge in [0.25, 0.3) is 5.91 Å². The Hall–Kier alpha value is -1.04. The van der Waals surface area contributed by atoms with Crippen LogP contribution in [0.4, 0.5) is 13.2 Å². The van der Waals surface area contributed by atoms with Crippen LogP contribution in [0.25, 0.3) is 0 Å². The van der Waals surface area contributed by atoms with Crippen LogP contribution in [0.5, 0.6) is 0 Å². The van der Waals surface area contributed by atoms with E-state index in [1.54, 1.807) is 7.05 Å². The van der Waals surface area contributed by atoms with Gasteiger partial charge in [0.05, 0.1) is 5.56 Å². The molecule has 1 aromatic carbocycles. The fourth-order valence-electron chi connectivity index (χ4n) is 2.02. The minimum absolute atomic E-state index is 0.0529. The molecule has 0 saturated heterocycles. The molecule has 104 valence electrons. The fraction of sp³-hybridized carbons (Fsp3) is 0.462. The van der Waals surface area contributed by atoms with E-state index in [0.717, 1.165) is 25.3 Å². The van der Waals surface area contributed by atoms with Crippen molar-refractivity contribution in [2.75, 3.05) is 7.05 Å². The van der Waals surface area contributed by atoms with Crippen molar-refractivity contribution in [1.82, 2.24) is 4.90 Å². The highest BCUT2D eigenvalue weighted by Crippen LogP contribution is 2.35. The summed E-state index contributed by atoms with van der Waals surface area (Å²) in [4.78, 5) is 13.6. The summed E-state index contributed by atoms with van der Waals surface area (Å²) >= 11 is 2.86. The van der Waals surface area contributed by atoms with Gasteiger partial charge in [-0.05, 0) is 37.5 Å². The van der Waals surface area contributed by atoms with Gasteiger partial charge >= 0.3 is 6.18 Å². The van der Waals surface area contributed by atoms with Gasteiger partial charge in [0.1, 0.15) is 0 Å². The Balaban J connectivity index is 2.27. The summed E-state index contributed by atoms with van der Waals surface area (Å²) in [5, 5.41) is 0. The Labute approximate surface area is 117 Å². The van der Waals surface area contributed by atoms with Gasteiger partial charge in [0.2, 0.25) is 0 Å². The van der Waals surface area contributed by atoms with E-state index < -0.39 is 11.7 Å². The van der Waals surface area contributed by atoms with Gasteiger partial charge < -0.3 is 4.90 Å². The highest BCUT2D eigenvalue weighted by Gasteiger charge is 2.34. The number of benzene rings is 1. The first-order valence-electron chi connectivity index (χ1n) is 5.94. The second-order valence-corrected chi connectivity index (χ2v) is 5.55. The van der Waals surface area contributed by atoms with Crippen molar-refractivity contribution in [2.24, 2.45) is 0 Å². The van der Waals surface area contributed by atoms with Gasteiger partial charge in [0.15, 0.2) is 0 Å². The SMILES string of the molecule is CN(C(=O)c1ccc(Br)c(C(F)(F)F)c1)C1CCC1. The summed E-state index contributed by atoms with van der Waals surface area (Å²) in [6, 6.07) is 3.74. The number of halogens is 4. The Morgan fingerprint density at radius 1 is 1.37 bits per heavy atom. The van der Waals surface area contributed by atoms with E-state index >= 15 is 0 Å². The molecule has 1 amide bonds. The molecule has 19 heavy (non-hydrogen) atoms. The van der Waals surface area contributed by atoms with Gasteiger partial charge in [-0.1, -0.05) is 15.9 Å². The van der Waals surface area contributed by atoms with Crippen molar-refractivity contribution in [2.45, 2.75) is 31.5 Å². The molecule has 0 bridgehead atoms. The molecule has 0 aromatic heterocycles. The quantitative estimate of drug-likeness (QED) is 0.797. The Bertz CT molecular complexity index is 497. The van der Waals surface area contributed by atoms with Crippen LogP contribution in [-0.4, -0.2) is 23.9 Å². The Morgan fingerprint density at radius 3 is 2.47 bits per heavy atom. The second-order valence-electron chi connectivity index (χ2n) is 4.69. The highest BCUT2D eigenvalue weighted by molar-refractivity contribution is 9.10. The number of rotatable bonds is 2. The third kappa shape index (κ3) is 2.94. The van der Waals surface area contributed by atoms with Crippen LogP contribution in [0, 0.1) is 0 Å². The molecule has 0 radical (unpaired) electrons. The summed E-state index contributed by atoms with van der Waals surface area (Å²) in [6.45, 7) is 0. The van der Waals surface area contributed by atoms with Crippen LogP contribution in [-0.2, 0) is 6.18 Å². The number of carbonyl (C=O) groups is 1. The first-order chi connectivity index (χ1) is 8.80. The van der Waals surface area contributed by atoms with Crippen molar-refractivity contribution >= 4 is 21.8 Å². The minimum atomic E-state index is -4.47. The number of carbonyl (C=O) groups excluding carboxylic acids is 1. The third-order valence-electron chi connectivity index (χ3n) is 3.46. The average molecular weight is 336 g/mol. The van der Waals surface area contributed by atoms with E-state index in [0.29, 0.717) is 0 Å². The Kier molecular flexibility index (Phi) is 3.90. The summed E-state index contributed by atoms with van der Waals surface area (Å²) < 4.78 is 38.3. The van der Waals surface area contributed by atoms with Crippen LogP contribution >= 0.6 is 15.9 Å². The van der Waals surface area contributed by atoms with Crippen LogP contribution in [0.1, 0.15) is 35.2 Å². The molecule has 1 fully saturated rings. The molecule has 6 heteroatoms. The maximum atomic E-state index is 12.8. The van der Waals surface area contributed by atoms with Gasteiger partial charge in [-0.25, -0.2) is 0 Å². The maximum Gasteiger partial charge on any atom is 0.417 e. The maximum absolute atomic E-state index is 12.8. The number of alkyl halides is 3. The number of nitrogens with zero attached hydrogens (tertiary/aromatic N) is 1. The molecule has 1 saturated carbocycles. The van der Waals surface area contributed by atoms with Crippen LogP contribution in [0.15, 0.2) is 22.7 Å². The lowest BCUT2D eigenvalue weighted by Gasteiger charge is -2.34. The van der Waals surface area contributed by atoms with Crippen molar-refractivity contribution in [1.29, 1.82) is 0 Å². The monoisotopic (exact) mass is 335 g/mol. The zero-order valence-corrected chi connectivity index (χ0v) is 11.9. The van der Waals surface area contributed by atoms with E-state index in [2.05, 4.69) is 15.9 Å². The molecule has 1 aliphatic rings. The highest BCUT2D eigenvalue weighted by atomic mass is 79.9. The predicted octanol–water partition coefficient (Wildman–Crippen LogP) is 4.09. The van der Waals surface area contributed by atoms with Gasteiger partial charge in [-0.15, -0.1) is 0 Å². The van der Waals surface area contributed by atoms with E-state index in [1.165, 1.54) is 17.0 Å². The lowest BCUT2D eigenvalue weighted by molar-refractivity contribution is -0.138. The van der Waals surface area contributed by atoms with Gasteiger partial charge in [-0.2, -0.15) is 13.2 Å². The smallest absolute Gasteiger partial charge is 0.339 e. The number of hydrogen-bond donors (Lipinski definition) is 0. The molecule has 2 rings (SSSR count). The van der Waals surface area contributed by atoms with Crippen LogP contribution in [0.2, 0.25) is 0 Å². The topological polar surface area (TPSA) is 20.3 Å². The molecule has 0 spiro atoms. The minimum Gasteiger partial charge on any atom is -0.339 e. The molecule has 0 heterocycles. The largest absolute Gasteiger partial charge is 0.417 e. The zero-order valence-electron chi connectivity index (χ0n) is 10.3. The number of hydrogen-bond acceptors (Lipinski definition) is 1. The Morgan fingerprint density at radius 2 is 2.00 bits per heavy atom. The number of amides is 1. The standard InChI is InChI=1S/C13H13BrF3NO/c1-18(9-3-2-4-9)12(19)8-5-6-11(14)10(7-8)13(15,16)17/h5-7,9H,2-4H2,1H3. The van der Waals surface area contributed by atoms with E-state index in [9.17, 15) is 18.0 Å². The molecule has 0 atom stereocenters. The molecular formula is C13H13BrF3NO. The summed E-state index contributed by atoms with van der Waals surface area (Å²) in [5.41, 5.74) is -0.745. The van der Waals surface area contributed by atoms with E-state index in [4.69, 9.17) is 0 Å². The van der Waals surface area contributed by atoms with Gasteiger partial charge in [0, 0.05) is 23.1 Å². The van der Waals surface area contributed by atoms with Gasteiger partial charge in [-0.3, -0.25) is 4.79 Å². The van der Waals surface area contributed by atoms with E-state index in [1.807, 2.05) is 0 Å². The first kappa shape index (κ1) is 14.4. The van der Waals surface area contributed by atoms with Crippen molar-refractivity contribution in [3.63, 3.8) is 0 Å². The molecule has 2 nitrogen and oxygen atoms in total. The van der Waals surface area contributed by atoms with Crippen molar-refractivity contribution in [3.8, 4) is 0 Å². The molecule has 0 unspecified atom stereocenters. The first-order valence-corrected chi connectivity index (χ1v) is 6.74. The van der Waals surface area contributed by atoms with Crippen molar-refractivity contribution < 1.29 is 18.0 Å². The average Bonchev–Trinajstić information content (AvgIpc) is 2.24. The van der Waals surface area contributed by atoms with Crippen molar-refractivity contribution in [3.05, 3.63) is 33.8 Å². The third-order valence-corrected chi connectivity index (χ3v) is 4.15. The zero-order chi connectivity index (χ0) is 14.2. The molecule has 1 aromatic rings. The molecular weight excluding hydrogens is 323 g/mol. The summed E-state index contributed by atoms with van der Waals surface area (Å²) in [5.74, 6) is -0.359.